The van der Waals surface area contributed by atoms with Crippen molar-refractivity contribution in [2.75, 3.05) is 6.61 Å². The van der Waals surface area contributed by atoms with E-state index in [1.165, 1.54) is 0 Å². The molecule has 1 aromatic rings. The van der Waals surface area contributed by atoms with Crippen molar-refractivity contribution in [2.24, 2.45) is 0 Å². The van der Waals surface area contributed by atoms with E-state index in [-0.39, 0.29) is 12.4 Å². The number of aldehydes is 1. The zero-order valence-corrected chi connectivity index (χ0v) is 8.31. The fourth-order valence-electron chi connectivity index (χ4n) is 0.888. The molecule has 3 heteroatoms. The molecule has 0 bridgehead atoms. The summed E-state index contributed by atoms with van der Waals surface area (Å²) >= 11 is 0. The minimum absolute atomic E-state index is 0.250. The van der Waals surface area contributed by atoms with E-state index >= 15 is 0 Å². The van der Waals surface area contributed by atoms with Gasteiger partial charge in [-0.15, -0.1) is 0 Å². The van der Waals surface area contributed by atoms with Crippen molar-refractivity contribution >= 4 is 6.29 Å². The highest BCUT2D eigenvalue weighted by Crippen LogP contribution is 2.10. The monoisotopic (exact) mass is 196 g/mol. The van der Waals surface area contributed by atoms with Gasteiger partial charge in [0.2, 0.25) is 0 Å². The molecule has 0 fully saturated rings. The molecule has 0 radical (unpaired) electrons. The maximum absolute atomic E-state index is 10.00. The third kappa shape index (κ3) is 6.20. The lowest BCUT2D eigenvalue weighted by Gasteiger charge is -1.96. The maximum Gasteiger partial charge on any atom is 0.120 e. The van der Waals surface area contributed by atoms with Gasteiger partial charge in [-0.25, -0.2) is 0 Å². The van der Waals surface area contributed by atoms with Crippen LogP contribution in [0.3, 0.4) is 0 Å². The number of benzene rings is 1. The number of aliphatic hydroxyl groups excluding tert-OH is 1. The van der Waals surface area contributed by atoms with Gasteiger partial charge >= 0.3 is 0 Å². The van der Waals surface area contributed by atoms with E-state index in [1.807, 2.05) is 12.1 Å². The molecule has 0 aliphatic carbocycles. The number of rotatable bonds is 3. The van der Waals surface area contributed by atoms with Gasteiger partial charge in [-0.3, -0.25) is 0 Å². The largest absolute Gasteiger partial charge is 0.508 e. The minimum Gasteiger partial charge on any atom is -0.508 e. The lowest BCUT2D eigenvalue weighted by atomic mass is 10.1. The van der Waals surface area contributed by atoms with Crippen LogP contribution in [0.5, 0.6) is 5.75 Å². The summed E-state index contributed by atoms with van der Waals surface area (Å²) in [5.41, 5.74) is 1.08. The molecule has 3 nitrogen and oxygen atoms in total. The smallest absolute Gasteiger partial charge is 0.120 e. The lowest BCUT2D eigenvalue weighted by molar-refractivity contribution is -0.107. The highest BCUT2D eigenvalue weighted by molar-refractivity contribution is 5.50. The van der Waals surface area contributed by atoms with Gasteiger partial charge in [0, 0.05) is 13.0 Å². The Kier molecular flexibility index (Phi) is 7.46. The topological polar surface area (TPSA) is 57.5 Å². The predicted molar refractivity (Wildman–Crippen MR) is 55.3 cm³/mol. The van der Waals surface area contributed by atoms with Crippen molar-refractivity contribution in [1.29, 1.82) is 0 Å². The van der Waals surface area contributed by atoms with Crippen LogP contribution in [0.15, 0.2) is 24.3 Å². The molecular weight excluding hydrogens is 180 g/mol. The zero-order valence-electron chi connectivity index (χ0n) is 8.31. The molecular formula is C11H16O3. The van der Waals surface area contributed by atoms with Gasteiger partial charge in [0.15, 0.2) is 0 Å². The molecule has 1 aromatic carbocycles. The predicted octanol–water partition coefficient (Wildman–Crippen LogP) is 1.52. The quantitative estimate of drug-likeness (QED) is 0.721. The van der Waals surface area contributed by atoms with Crippen LogP contribution < -0.4 is 0 Å². The Bertz CT molecular complexity index is 241. The molecule has 0 aliphatic rings. The Morgan fingerprint density at radius 1 is 1.29 bits per heavy atom. The Balaban J connectivity index is 0.000000500. The number of hydrogen-bond donors (Lipinski definition) is 2. The van der Waals surface area contributed by atoms with Gasteiger partial charge in [0.05, 0.1) is 0 Å². The van der Waals surface area contributed by atoms with Crippen LogP contribution in [0.25, 0.3) is 0 Å². The summed E-state index contributed by atoms with van der Waals surface area (Å²) in [6.45, 7) is 1.93. The van der Waals surface area contributed by atoms with Crippen molar-refractivity contribution in [1.82, 2.24) is 0 Å². The molecule has 0 aromatic heterocycles. The van der Waals surface area contributed by atoms with Gasteiger partial charge < -0.3 is 15.0 Å². The van der Waals surface area contributed by atoms with Crippen LogP contribution in [0, 0.1) is 0 Å². The molecule has 2 N–H and O–H groups in total. The first-order valence-corrected chi connectivity index (χ1v) is 4.57. The number of phenolic OH excluding ortho intramolecular Hbond substituents is 1. The first-order chi connectivity index (χ1) is 6.74. The summed E-state index contributed by atoms with van der Waals surface area (Å²) in [6, 6.07) is 6.89. The molecule has 0 heterocycles. The summed E-state index contributed by atoms with van der Waals surface area (Å²) in [5.74, 6) is 0.264. The van der Waals surface area contributed by atoms with E-state index in [4.69, 9.17) is 10.2 Å². The van der Waals surface area contributed by atoms with Crippen LogP contribution in [0.1, 0.15) is 18.9 Å². The Labute approximate surface area is 84.0 Å². The number of hydrogen-bond acceptors (Lipinski definition) is 3. The van der Waals surface area contributed by atoms with Crippen molar-refractivity contribution in [3.05, 3.63) is 29.8 Å². The van der Waals surface area contributed by atoms with Gasteiger partial charge in [-0.1, -0.05) is 12.1 Å². The number of carbonyl (C=O) groups excluding carboxylic acids is 1. The van der Waals surface area contributed by atoms with Crippen molar-refractivity contribution in [3.63, 3.8) is 0 Å². The number of phenols is 1. The molecule has 78 valence electrons. The molecule has 0 atom stereocenters. The van der Waals surface area contributed by atoms with E-state index in [0.717, 1.165) is 18.3 Å². The first kappa shape index (κ1) is 12.7. The van der Waals surface area contributed by atoms with Crippen LogP contribution >= 0.6 is 0 Å². The summed E-state index contributed by atoms with van der Waals surface area (Å²) in [6.07, 6.45) is 2.20. The number of aliphatic hydroxyl groups is 1. The van der Waals surface area contributed by atoms with E-state index in [1.54, 1.807) is 19.1 Å². The minimum atomic E-state index is 0.250. The van der Waals surface area contributed by atoms with E-state index in [2.05, 4.69) is 0 Å². The second-order valence-electron chi connectivity index (χ2n) is 2.69. The average Bonchev–Trinajstić information content (AvgIpc) is 2.18. The summed E-state index contributed by atoms with van der Waals surface area (Å²) in [5, 5.41) is 16.5. The number of aryl methyl sites for hydroxylation is 1. The summed E-state index contributed by atoms with van der Waals surface area (Å²) in [7, 11) is 0. The van der Waals surface area contributed by atoms with Crippen LogP contribution in [0.4, 0.5) is 0 Å². The number of carbonyl (C=O) groups is 1. The second kappa shape index (κ2) is 8.26. The van der Waals surface area contributed by atoms with Crippen LogP contribution in [-0.4, -0.2) is 23.1 Å². The SMILES string of the molecule is CCO.O=CCCc1ccc(O)cc1. The van der Waals surface area contributed by atoms with Crippen molar-refractivity contribution in [3.8, 4) is 5.75 Å². The highest BCUT2D eigenvalue weighted by Gasteiger charge is 1.91. The third-order valence-corrected chi connectivity index (χ3v) is 1.49. The first-order valence-electron chi connectivity index (χ1n) is 4.57. The van der Waals surface area contributed by atoms with E-state index in [9.17, 15) is 4.79 Å². The van der Waals surface area contributed by atoms with Crippen molar-refractivity contribution < 1.29 is 15.0 Å². The van der Waals surface area contributed by atoms with E-state index in [0.29, 0.717) is 6.42 Å². The lowest BCUT2D eigenvalue weighted by Crippen LogP contribution is -1.84. The maximum atomic E-state index is 10.00. The fourth-order valence-corrected chi connectivity index (χ4v) is 0.888. The average molecular weight is 196 g/mol. The molecule has 0 saturated heterocycles. The summed E-state index contributed by atoms with van der Waals surface area (Å²) < 4.78 is 0. The Morgan fingerprint density at radius 2 is 1.79 bits per heavy atom. The van der Waals surface area contributed by atoms with Gasteiger partial charge in [0.1, 0.15) is 12.0 Å². The van der Waals surface area contributed by atoms with E-state index < -0.39 is 0 Å². The Morgan fingerprint density at radius 3 is 2.21 bits per heavy atom. The van der Waals surface area contributed by atoms with Crippen molar-refractivity contribution in [2.45, 2.75) is 19.8 Å². The standard InChI is InChI=1S/C9H10O2.C2H6O/c10-7-1-2-8-3-5-9(11)6-4-8;1-2-3/h3-7,11H,1-2H2;3H,2H2,1H3. The normalized spacial score (nSPS) is 8.71. The molecule has 0 saturated carbocycles. The van der Waals surface area contributed by atoms with Gasteiger partial charge in [-0.05, 0) is 31.0 Å². The third-order valence-electron chi connectivity index (χ3n) is 1.49. The molecule has 0 aliphatic heterocycles. The highest BCUT2D eigenvalue weighted by atomic mass is 16.3. The molecule has 14 heavy (non-hydrogen) atoms. The molecule has 1 rings (SSSR count). The zero-order chi connectivity index (χ0) is 10.8. The molecule has 0 amide bonds. The van der Waals surface area contributed by atoms with Gasteiger partial charge in [0.25, 0.3) is 0 Å². The molecule has 0 spiro atoms. The fraction of sp³-hybridized carbons (Fsp3) is 0.364. The second-order valence-corrected chi connectivity index (χ2v) is 2.69. The molecule has 0 unspecified atom stereocenters. The van der Waals surface area contributed by atoms with Crippen LogP contribution in [-0.2, 0) is 11.2 Å². The number of aromatic hydroxyl groups is 1. The Hall–Kier alpha value is -1.35. The van der Waals surface area contributed by atoms with Crippen LogP contribution in [0.2, 0.25) is 0 Å². The summed E-state index contributed by atoms with van der Waals surface area (Å²) in [4.78, 5) is 10.00. The van der Waals surface area contributed by atoms with Gasteiger partial charge in [-0.2, -0.15) is 0 Å².